The molecule has 2 aromatic heterocycles. The first kappa shape index (κ1) is 15.7. The molecule has 0 saturated heterocycles. The number of pyridine rings is 1. The van der Waals surface area contributed by atoms with Crippen LogP contribution in [0.5, 0.6) is 0 Å². The minimum atomic E-state index is 0.0730. The van der Waals surface area contributed by atoms with E-state index in [4.69, 9.17) is 0 Å². The zero-order chi connectivity index (χ0) is 16.4. The minimum Gasteiger partial charge on any atom is -0.333 e. The quantitative estimate of drug-likeness (QED) is 0.872. The topological polar surface area (TPSA) is 51.0 Å². The van der Waals surface area contributed by atoms with Crippen molar-refractivity contribution in [2.75, 3.05) is 6.54 Å². The van der Waals surface area contributed by atoms with Crippen LogP contribution in [-0.4, -0.2) is 32.1 Å². The van der Waals surface area contributed by atoms with Crippen LogP contribution >= 0.6 is 0 Å². The van der Waals surface area contributed by atoms with Gasteiger partial charge in [-0.15, -0.1) is 0 Å². The summed E-state index contributed by atoms with van der Waals surface area (Å²) in [5, 5.41) is 4.59. The molecule has 0 saturated carbocycles. The molecule has 122 valence electrons. The van der Waals surface area contributed by atoms with Crippen LogP contribution in [-0.2, 0) is 25.9 Å². The lowest BCUT2D eigenvalue weighted by atomic mass is 10.1. The molecule has 5 nitrogen and oxygen atoms in total. The molecule has 0 fully saturated rings. The highest BCUT2D eigenvalue weighted by molar-refractivity contribution is 5.92. The van der Waals surface area contributed by atoms with Gasteiger partial charge in [0, 0.05) is 37.9 Å². The van der Waals surface area contributed by atoms with Crippen molar-refractivity contribution in [1.29, 1.82) is 0 Å². The molecule has 0 bridgehead atoms. The molecule has 2 aromatic rings. The van der Waals surface area contributed by atoms with Crippen LogP contribution in [0.4, 0.5) is 0 Å². The van der Waals surface area contributed by atoms with Crippen LogP contribution in [0.25, 0.3) is 0 Å². The maximum atomic E-state index is 12.9. The SMILES string of the molecule is CCn1nc(CC(C)C)cc1C(=O)N1CCc2ncccc2C1. The summed E-state index contributed by atoms with van der Waals surface area (Å²) in [7, 11) is 0. The molecule has 3 heterocycles. The molecule has 5 heteroatoms. The van der Waals surface area contributed by atoms with E-state index in [1.165, 1.54) is 0 Å². The van der Waals surface area contributed by atoms with Gasteiger partial charge in [0.1, 0.15) is 5.69 Å². The highest BCUT2D eigenvalue weighted by Crippen LogP contribution is 2.19. The van der Waals surface area contributed by atoms with E-state index in [1.807, 2.05) is 34.8 Å². The summed E-state index contributed by atoms with van der Waals surface area (Å²) in [6, 6.07) is 5.96. The molecule has 0 spiro atoms. The lowest BCUT2D eigenvalue weighted by molar-refractivity contribution is 0.0721. The van der Waals surface area contributed by atoms with Crippen molar-refractivity contribution in [2.45, 2.75) is 46.7 Å². The smallest absolute Gasteiger partial charge is 0.272 e. The number of hydrogen-bond donors (Lipinski definition) is 0. The van der Waals surface area contributed by atoms with Crippen LogP contribution in [0.15, 0.2) is 24.4 Å². The number of hydrogen-bond acceptors (Lipinski definition) is 3. The summed E-state index contributed by atoms with van der Waals surface area (Å²) in [6.45, 7) is 8.43. The Kier molecular flexibility index (Phi) is 4.46. The van der Waals surface area contributed by atoms with E-state index in [-0.39, 0.29) is 5.91 Å². The lowest BCUT2D eigenvalue weighted by Gasteiger charge is -2.28. The molecule has 0 radical (unpaired) electrons. The van der Waals surface area contributed by atoms with Gasteiger partial charge >= 0.3 is 0 Å². The normalized spacial score (nSPS) is 14.2. The van der Waals surface area contributed by atoms with Crippen LogP contribution in [0.1, 0.15) is 48.2 Å². The molecule has 1 aliphatic rings. The fourth-order valence-electron chi connectivity index (χ4n) is 3.10. The van der Waals surface area contributed by atoms with Crippen molar-refractivity contribution in [3.05, 3.63) is 47.0 Å². The highest BCUT2D eigenvalue weighted by atomic mass is 16.2. The van der Waals surface area contributed by atoms with Gasteiger partial charge in [-0.3, -0.25) is 14.5 Å². The van der Waals surface area contributed by atoms with Crippen LogP contribution in [0.3, 0.4) is 0 Å². The molecule has 0 N–H and O–H groups in total. The van der Waals surface area contributed by atoms with Gasteiger partial charge in [0.15, 0.2) is 0 Å². The van der Waals surface area contributed by atoms with Crippen molar-refractivity contribution in [3.63, 3.8) is 0 Å². The first-order valence-electron chi connectivity index (χ1n) is 8.37. The maximum Gasteiger partial charge on any atom is 0.272 e. The van der Waals surface area contributed by atoms with Crippen molar-refractivity contribution >= 4 is 5.91 Å². The number of carbonyl (C=O) groups excluding carboxylic acids is 1. The van der Waals surface area contributed by atoms with Gasteiger partial charge in [0.05, 0.1) is 5.69 Å². The third-order valence-corrected chi connectivity index (χ3v) is 4.22. The standard InChI is InChI=1S/C18H24N4O/c1-4-22-17(11-15(20-22)10-13(2)3)18(23)21-9-7-16-14(12-21)6-5-8-19-16/h5-6,8,11,13H,4,7,9-10,12H2,1-3H3. The van der Waals surface area contributed by atoms with E-state index in [2.05, 4.69) is 30.0 Å². The van der Waals surface area contributed by atoms with Crippen LogP contribution < -0.4 is 0 Å². The van der Waals surface area contributed by atoms with Gasteiger partial charge in [-0.25, -0.2) is 0 Å². The van der Waals surface area contributed by atoms with Gasteiger partial charge < -0.3 is 4.90 Å². The number of fused-ring (bicyclic) bond motifs is 1. The fourth-order valence-corrected chi connectivity index (χ4v) is 3.10. The Hall–Kier alpha value is -2.17. The number of nitrogens with zero attached hydrogens (tertiary/aromatic N) is 4. The largest absolute Gasteiger partial charge is 0.333 e. The molecule has 0 aromatic carbocycles. The zero-order valence-electron chi connectivity index (χ0n) is 14.1. The Morgan fingerprint density at radius 1 is 1.39 bits per heavy atom. The zero-order valence-corrected chi connectivity index (χ0v) is 14.1. The Balaban J connectivity index is 1.82. The molecular formula is C18H24N4O. The predicted molar refractivity (Wildman–Crippen MR) is 89.1 cm³/mol. The number of aryl methyl sites for hydroxylation is 1. The highest BCUT2D eigenvalue weighted by Gasteiger charge is 2.25. The third kappa shape index (κ3) is 3.28. The van der Waals surface area contributed by atoms with E-state index in [9.17, 15) is 4.79 Å². The molecule has 1 amide bonds. The summed E-state index contributed by atoms with van der Waals surface area (Å²) in [5.41, 5.74) is 3.97. The Labute approximate surface area is 137 Å². The second-order valence-corrected chi connectivity index (χ2v) is 6.52. The van der Waals surface area contributed by atoms with Crippen LogP contribution in [0.2, 0.25) is 0 Å². The molecule has 0 unspecified atom stereocenters. The first-order chi connectivity index (χ1) is 11.1. The summed E-state index contributed by atoms with van der Waals surface area (Å²) in [6.07, 6.45) is 3.54. The summed E-state index contributed by atoms with van der Waals surface area (Å²) >= 11 is 0. The number of amides is 1. The fraction of sp³-hybridized carbons (Fsp3) is 0.500. The van der Waals surface area contributed by atoms with Gasteiger partial charge in [0.25, 0.3) is 5.91 Å². The minimum absolute atomic E-state index is 0.0730. The van der Waals surface area contributed by atoms with E-state index in [0.717, 1.165) is 36.3 Å². The number of carbonyl (C=O) groups is 1. The summed E-state index contributed by atoms with van der Waals surface area (Å²) < 4.78 is 1.83. The van der Waals surface area contributed by atoms with Crippen molar-refractivity contribution in [2.24, 2.45) is 5.92 Å². The summed E-state index contributed by atoms with van der Waals surface area (Å²) in [4.78, 5) is 19.2. The lowest BCUT2D eigenvalue weighted by Crippen LogP contribution is -2.37. The third-order valence-electron chi connectivity index (χ3n) is 4.22. The van der Waals surface area contributed by atoms with Gasteiger partial charge in [-0.05, 0) is 37.0 Å². The number of rotatable bonds is 4. The Bertz CT molecular complexity index is 705. The molecule has 3 rings (SSSR count). The number of aromatic nitrogens is 3. The Morgan fingerprint density at radius 3 is 2.96 bits per heavy atom. The first-order valence-corrected chi connectivity index (χ1v) is 8.37. The second kappa shape index (κ2) is 6.52. The average Bonchev–Trinajstić information content (AvgIpc) is 2.95. The predicted octanol–water partition coefficient (Wildman–Crippen LogP) is 2.70. The second-order valence-electron chi connectivity index (χ2n) is 6.52. The van der Waals surface area contributed by atoms with Gasteiger partial charge in [-0.1, -0.05) is 19.9 Å². The van der Waals surface area contributed by atoms with Crippen LogP contribution in [0, 0.1) is 5.92 Å². The van der Waals surface area contributed by atoms with E-state index in [1.54, 1.807) is 0 Å². The molecule has 1 aliphatic heterocycles. The molecular weight excluding hydrogens is 288 g/mol. The molecule has 23 heavy (non-hydrogen) atoms. The molecule has 0 aliphatic carbocycles. The van der Waals surface area contributed by atoms with Gasteiger partial charge in [-0.2, -0.15) is 5.10 Å². The van der Waals surface area contributed by atoms with E-state index < -0.39 is 0 Å². The van der Waals surface area contributed by atoms with Crippen molar-refractivity contribution in [1.82, 2.24) is 19.7 Å². The Morgan fingerprint density at radius 2 is 2.22 bits per heavy atom. The molecule has 0 atom stereocenters. The van der Waals surface area contributed by atoms with E-state index >= 15 is 0 Å². The van der Waals surface area contributed by atoms with Crippen molar-refractivity contribution in [3.8, 4) is 0 Å². The van der Waals surface area contributed by atoms with Gasteiger partial charge in [0.2, 0.25) is 0 Å². The summed E-state index contributed by atoms with van der Waals surface area (Å²) in [5.74, 6) is 0.606. The van der Waals surface area contributed by atoms with E-state index in [0.29, 0.717) is 24.7 Å². The monoisotopic (exact) mass is 312 g/mol. The van der Waals surface area contributed by atoms with Crippen molar-refractivity contribution < 1.29 is 4.79 Å². The average molecular weight is 312 g/mol. The maximum absolute atomic E-state index is 12.9.